The number of nitrogens with one attached hydrogen (secondary N) is 1. The number of carbonyl (C=O) groups is 1. The molecule has 5 heteroatoms. The predicted octanol–water partition coefficient (Wildman–Crippen LogP) is 1.62. The Morgan fingerprint density at radius 2 is 2.35 bits per heavy atom. The second-order valence-corrected chi connectivity index (χ2v) is 5.12. The van der Waals surface area contributed by atoms with Gasteiger partial charge in [-0.2, -0.15) is 5.10 Å². The van der Waals surface area contributed by atoms with Gasteiger partial charge in [0.2, 0.25) is 5.91 Å². The molecule has 1 unspecified atom stereocenters. The summed E-state index contributed by atoms with van der Waals surface area (Å²) in [6.07, 6.45) is 4.28. The van der Waals surface area contributed by atoms with E-state index in [1.165, 1.54) is 0 Å². The van der Waals surface area contributed by atoms with Crippen molar-refractivity contribution in [1.82, 2.24) is 15.1 Å². The first-order chi connectivity index (χ1) is 9.74. The van der Waals surface area contributed by atoms with Crippen molar-refractivity contribution in [1.29, 1.82) is 0 Å². The topological polar surface area (TPSA) is 58.2 Å². The summed E-state index contributed by atoms with van der Waals surface area (Å²) in [7, 11) is 1.82. The molecule has 2 heterocycles. The molecule has 1 atom stereocenters. The molecule has 1 amide bonds. The first-order valence-corrected chi connectivity index (χ1v) is 6.67. The van der Waals surface area contributed by atoms with E-state index in [1.807, 2.05) is 31.3 Å². The Labute approximate surface area is 117 Å². The maximum absolute atomic E-state index is 12.4. The molecular formula is C15H17N3O2. The van der Waals surface area contributed by atoms with Crippen LogP contribution in [0.3, 0.4) is 0 Å². The summed E-state index contributed by atoms with van der Waals surface area (Å²) in [4.78, 5) is 14.2. The van der Waals surface area contributed by atoms with Crippen molar-refractivity contribution in [2.45, 2.75) is 13.0 Å². The fourth-order valence-corrected chi connectivity index (χ4v) is 2.51. The largest absolute Gasteiger partial charge is 0.492 e. The van der Waals surface area contributed by atoms with Gasteiger partial charge in [0.25, 0.3) is 0 Å². The normalized spacial score (nSPS) is 17.1. The Morgan fingerprint density at radius 3 is 3.15 bits per heavy atom. The van der Waals surface area contributed by atoms with E-state index in [4.69, 9.17) is 4.74 Å². The molecule has 104 valence electrons. The van der Waals surface area contributed by atoms with Gasteiger partial charge in [0.15, 0.2) is 0 Å². The maximum atomic E-state index is 12.4. The van der Waals surface area contributed by atoms with Gasteiger partial charge in [0.1, 0.15) is 12.4 Å². The number of aromatic amines is 1. The zero-order valence-corrected chi connectivity index (χ0v) is 11.4. The molecule has 0 fully saturated rings. The molecule has 5 nitrogen and oxygen atoms in total. The molecular weight excluding hydrogens is 254 g/mol. The third-order valence-corrected chi connectivity index (χ3v) is 3.58. The fraction of sp³-hybridized carbons (Fsp3) is 0.333. The van der Waals surface area contributed by atoms with E-state index >= 15 is 0 Å². The van der Waals surface area contributed by atoms with Crippen LogP contribution in [0.25, 0.3) is 0 Å². The van der Waals surface area contributed by atoms with E-state index in [-0.39, 0.29) is 11.8 Å². The number of rotatable bonds is 3. The standard InChI is InChI=1S/C15H17N3O2/c1-18(9-11-7-16-17-8-11)15(19)13-6-12-4-2-3-5-14(12)20-10-13/h2-5,7-8,13H,6,9-10H2,1H3,(H,16,17). The van der Waals surface area contributed by atoms with Crippen molar-refractivity contribution in [3.8, 4) is 5.75 Å². The summed E-state index contributed by atoms with van der Waals surface area (Å²) >= 11 is 0. The highest BCUT2D eigenvalue weighted by atomic mass is 16.5. The van der Waals surface area contributed by atoms with Gasteiger partial charge in [0, 0.05) is 25.4 Å². The van der Waals surface area contributed by atoms with Crippen LogP contribution >= 0.6 is 0 Å². The van der Waals surface area contributed by atoms with Gasteiger partial charge in [-0.3, -0.25) is 9.89 Å². The Kier molecular flexibility index (Phi) is 3.41. The molecule has 0 saturated heterocycles. The highest BCUT2D eigenvalue weighted by Crippen LogP contribution is 2.27. The number of amides is 1. The van der Waals surface area contributed by atoms with Gasteiger partial charge in [-0.1, -0.05) is 18.2 Å². The van der Waals surface area contributed by atoms with Crippen LogP contribution in [0.4, 0.5) is 0 Å². The molecule has 2 aromatic rings. The molecule has 1 N–H and O–H groups in total. The molecule has 0 saturated carbocycles. The Bertz CT molecular complexity index is 595. The molecule has 0 radical (unpaired) electrons. The third kappa shape index (κ3) is 2.52. The molecule has 0 spiro atoms. The lowest BCUT2D eigenvalue weighted by atomic mass is 9.95. The van der Waals surface area contributed by atoms with E-state index in [2.05, 4.69) is 10.2 Å². The third-order valence-electron chi connectivity index (χ3n) is 3.58. The van der Waals surface area contributed by atoms with Crippen molar-refractivity contribution >= 4 is 5.91 Å². The first-order valence-electron chi connectivity index (χ1n) is 6.67. The molecule has 0 aliphatic carbocycles. The average molecular weight is 271 g/mol. The van der Waals surface area contributed by atoms with Gasteiger partial charge >= 0.3 is 0 Å². The zero-order valence-electron chi connectivity index (χ0n) is 11.4. The first kappa shape index (κ1) is 12.7. The number of nitrogens with zero attached hydrogens (tertiary/aromatic N) is 2. The van der Waals surface area contributed by atoms with Crippen LogP contribution in [-0.2, 0) is 17.8 Å². The van der Waals surface area contributed by atoms with Crippen LogP contribution < -0.4 is 4.74 Å². The van der Waals surface area contributed by atoms with Crippen LogP contribution in [0.2, 0.25) is 0 Å². The number of hydrogen-bond acceptors (Lipinski definition) is 3. The summed E-state index contributed by atoms with van der Waals surface area (Å²) in [6, 6.07) is 7.90. The summed E-state index contributed by atoms with van der Waals surface area (Å²) in [5.74, 6) is 0.900. The molecule has 1 aromatic heterocycles. The minimum absolute atomic E-state index is 0.109. The summed E-state index contributed by atoms with van der Waals surface area (Å²) in [5.41, 5.74) is 2.10. The number of para-hydroxylation sites is 1. The smallest absolute Gasteiger partial charge is 0.229 e. The lowest BCUT2D eigenvalue weighted by Crippen LogP contribution is -2.38. The van der Waals surface area contributed by atoms with Crippen molar-refractivity contribution in [2.75, 3.05) is 13.7 Å². The van der Waals surface area contributed by atoms with Gasteiger partial charge < -0.3 is 9.64 Å². The van der Waals surface area contributed by atoms with Gasteiger partial charge in [0.05, 0.1) is 12.1 Å². The predicted molar refractivity (Wildman–Crippen MR) is 74.2 cm³/mol. The number of fused-ring (bicyclic) bond motifs is 1. The molecule has 20 heavy (non-hydrogen) atoms. The second-order valence-electron chi connectivity index (χ2n) is 5.12. The minimum atomic E-state index is -0.109. The molecule has 0 bridgehead atoms. The number of H-pyrrole nitrogens is 1. The molecule has 1 aromatic carbocycles. The zero-order chi connectivity index (χ0) is 13.9. The number of benzene rings is 1. The molecule has 1 aliphatic rings. The monoisotopic (exact) mass is 271 g/mol. The summed E-state index contributed by atoms with van der Waals surface area (Å²) in [6.45, 7) is 1.01. The van der Waals surface area contributed by atoms with Crippen LogP contribution in [0, 0.1) is 5.92 Å². The highest BCUT2D eigenvalue weighted by molar-refractivity contribution is 5.79. The van der Waals surface area contributed by atoms with Crippen LogP contribution in [-0.4, -0.2) is 34.7 Å². The maximum Gasteiger partial charge on any atom is 0.229 e. The fourth-order valence-electron chi connectivity index (χ4n) is 2.51. The lowest BCUT2D eigenvalue weighted by Gasteiger charge is -2.28. The minimum Gasteiger partial charge on any atom is -0.492 e. The van der Waals surface area contributed by atoms with E-state index in [1.54, 1.807) is 17.3 Å². The van der Waals surface area contributed by atoms with E-state index < -0.39 is 0 Å². The second kappa shape index (κ2) is 5.36. The Balaban J connectivity index is 1.66. The number of hydrogen-bond donors (Lipinski definition) is 1. The van der Waals surface area contributed by atoms with Crippen molar-refractivity contribution in [3.05, 3.63) is 47.8 Å². The summed E-state index contributed by atoms with van der Waals surface area (Å²) < 4.78 is 5.68. The van der Waals surface area contributed by atoms with Crippen molar-refractivity contribution in [2.24, 2.45) is 5.92 Å². The van der Waals surface area contributed by atoms with Crippen LogP contribution in [0.15, 0.2) is 36.7 Å². The van der Waals surface area contributed by atoms with Crippen LogP contribution in [0.5, 0.6) is 5.75 Å². The Morgan fingerprint density at radius 1 is 1.50 bits per heavy atom. The van der Waals surface area contributed by atoms with Crippen molar-refractivity contribution < 1.29 is 9.53 Å². The summed E-state index contributed by atoms with van der Waals surface area (Å²) in [5, 5.41) is 6.64. The molecule has 1 aliphatic heterocycles. The lowest BCUT2D eigenvalue weighted by molar-refractivity contribution is -0.136. The van der Waals surface area contributed by atoms with E-state index in [0.717, 1.165) is 23.3 Å². The van der Waals surface area contributed by atoms with Gasteiger partial charge in [-0.05, 0) is 18.1 Å². The van der Waals surface area contributed by atoms with E-state index in [9.17, 15) is 4.79 Å². The van der Waals surface area contributed by atoms with Gasteiger partial charge in [-0.15, -0.1) is 0 Å². The SMILES string of the molecule is CN(Cc1cn[nH]c1)C(=O)C1COc2ccccc2C1. The number of ether oxygens (including phenoxy) is 1. The number of carbonyl (C=O) groups excluding carboxylic acids is 1. The van der Waals surface area contributed by atoms with E-state index in [0.29, 0.717) is 13.2 Å². The number of aromatic nitrogens is 2. The Hall–Kier alpha value is -2.30. The van der Waals surface area contributed by atoms with Crippen LogP contribution in [0.1, 0.15) is 11.1 Å². The quantitative estimate of drug-likeness (QED) is 0.923. The van der Waals surface area contributed by atoms with Crippen molar-refractivity contribution in [3.63, 3.8) is 0 Å². The highest BCUT2D eigenvalue weighted by Gasteiger charge is 2.28. The average Bonchev–Trinajstić information content (AvgIpc) is 2.99. The van der Waals surface area contributed by atoms with Gasteiger partial charge in [-0.25, -0.2) is 0 Å². The molecule has 3 rings (SSSR count).